The van der Waals surface area contributed by atoms with E-state index in [2.05, 4.69) is 0 Å². The first-order valence-corrected chi connectivity index (χ1v) is 5.92. The molecule has 0 unspecified atom stereocenters. The molecule has 2 N–H and O–H groups in total. The second-order valence-electron chi connectivity index (χ2n) is 4.85. The van der Waals surface area contributed by atoms with Crippen molar-refractivity contribution >= 4 is 12.4 Å². The quantitative estimate of drug-likeness (QED) is 0.909. The van der Waals surface area contributed by atoms with Crippen LogP contribution in [0.1, 0.15) is 24.0 Å². The van der Waals surface area contributed by atoms with Crippen LogP contribution < -0.4 is 5.73 Å². The van der Waals surface area contributed by atoms with Gasteiger partial charge in [-0.25, -0.2) is 0 Å². The topological polar surface area (TPSA) is 35.2 Å². The van der Waals surface area contributed by atoms with Gasteiger partial charge >= 0.3 is 6.18 Å². The summed E-state index contributed by atoms with van der Waals surface area (Å²) in [6.07, 6.45) is -2.47. The molecule has 0 spiro atoms. The molecule has 2 rings (SSSR count). The zero-order valence-electron chi connectivity index (χ0n) is 10.4. The highest BCUT2D eigenvalue weighted by atomic mass is 35.5. The first kappa shape index (κ1) is 16.3. The van der Waals surface area contributed by atoms with Crippen molar-refractivity contribution in [1.82, 2.24) is 0 Å². The molecule has 1 saturated heterocycles. The molecule has 108 valence electrons. The van der Waals surface area contributed by atoms with Crippen LogP contribution in [0.3, 0.4) is 0 Å². The Morgan fingerprint density at radius 2 is 1.84 bits per heavy atom. The molecule has 1 heterocycles. The van der Waals surface area contributed by atoms with E-state index in [0.29, 0.717) is 38.0 Å². The molecule has 0 aliphatic carbocycles. The van der Waals surface area contributed by atoms with Gasteiger partial charge in [0.15, 0.2) is 0 Å². The van der Waals surface area contributed by atoms with Crippen LogP contribution in [0.25, 0.3) is 0 Å². The summed E-state index contributed by atoms with van der Waals surface area (Å²) in [5.74, 6) is 0. The Balaban J connectivity index is 0.00000180. The van der Waals surface area contributed by atoms with E-state index < -0.39 is 17.3 Å². The average Bonchev–Trinajstić information content (AvgIpc) is 2.28. The van der Waals surface area contributed by atoms with Gasteiger partial charge in [0, 0.05) is 18.8 Å². The van der Waals surface area contributed by atoms with E-state index in [1.165, 1.54) is 12.1 Å². The summed E-state index contributed by atoms with van der Waals surface area (Å²) < 4.78 is 43.0. The fourth-order valence-electron chi connectivity index (χ4n) is 2.22. The van der Waals surface area contributed by atoms with Crippen LogP contribution in [0.2, 0.25) is 0 Å². The second kappa shape index (κ2) is 6.11. The lowest BCUT2D eigenvalue weighted by Crippen LogP contribution is -2.46. The van der Waals surface area contributed by atoms with Crippen molar-refractivity contribution in [3.8, 4) is 0 Å². The van der Waals surface area contributed by atoms with Crippen LogP contribution in [0.5, 0.6) is 0 Å². The highest BCUT2D eigenvalue weighted by molar-refractivity contribution is 5.85. The molecule has 2 nitrogen and oxygen atoms in total. The van der Waals surface area contributed by atoms with Gasteiger partial charge in [-0.3, -0.25) is 0 Å². The summed E-state index contributed by atoms with van der Waals surface area (Å²) in [7, 11) is 0. The molecule has 0 aromatic heterocycles. The normalized spacial score (nSPS) is 18.7. The van der Waals surface area contributed by atoms with E-state index in [9.17, 15) is 13.2 Å². The van der Waals surface area contributed by atoms with Gasteiger partial charge in [0.1, 0.15) is 0 Å². The van der Waals surface area contributed by atoms with Crippen LogP contribution in [-0.4, -0.2) is 18.8 Å². The van der Waals surface area contributed by atoms with Crippen LogP contribution in [0.15, 0.2) is 24.3 Å². The van der Waals surface area contributed by atoms with E-state index >= 15 is 0 Å². The fraction of sp³-hybridized carbons (Fsp3) is 0.538. The molecule has 0 saturated carbocycles. The van der Waals surface area contributed by atoms with Gasteiger partial charge < -0.3 is 10.5 Å². The third-order valence-electron chi connectivity index (χ3n) is 3.30. The predicted octanol–water partition coefficient (Wildman–Crippen LogP) is 3.18. The number of ether oxygens (including phenoxy) is 1. The number of hydrogen-bond acceptors (Lipinski definition) is 2. The molecule has 0 atom stereocenters. The highest BCUT2D eigenvalue weighted by Crippen LogP contribution is 2.31. The standard InChI is InChI=1S/C13H16F3NO.ClH/c14-13(15,16)11-3-1-2-10(8-11)9-12(17)4-6-18-7-5-12;/h1-3,8H,4-7,9,17H2;1H. The van der Waals surface area contributed by atoms with Crippen molar-refractivity contribution < 1.29 is 17.9 Å². The Morgan fingerprint density at radius 3 is 2.42 bits per heavy atom. The van der Waals surface area contributed by atoms with Gasteiger partial charge in [-0.05, 0) is 30.9 Å². The van der Waals surface area contributed by atoms with Crippen LogP contribution in [0, 0.1) is 0 Å². The molecular weight excluding hydrogens is 279 g/mol. The SMILES string of the molecule is Cl.NC1(Cc2cccc(C(F)(F)F)c2)CCOCC1. The maximum atomic E-state index is 12.6. The number of rotatable bonds is 2. The van der Waals surface area contributed by atoms with Gasteiger partial charge in [-0.1, -0.05) is 18.2 Å². The van der Waals surface area contributed by atoms with Crippen LogP contribution >= 0.6 is 12.4 Å². The van der Waals surface area contributed by atoms with Gasteiger partial charge in [-0.2, -0.15) is 13.2 Å². The second-order valence-corrected chi connectivity index (χ2v) is 4.85. The lowest BCUT2D eigenvalue weighted by atomic mass is 9.84. The highest BCUT2D eigenvalue weighted by Gasteiger charge is 2.32. The number of nitrogens with two attached hydrogens (primary N) is 1. The smallest absolute Gasteiger partial charge is 0.381 e. The molecule has 0 bridgehead atoms. The lowest BCUT2D eigenvalue weighted by Gasteiger charge is -2.33. The Kier molecular flexibility index (Phi) is 5.24. The number of halogens is 4. The molecule has 1 fully saturated rings. The molecule has 1 aliphatic rings. The Bertz CT molecular complexity index is 417. The van der Waals surface area contributed by atoms with Crippen molar-refractivity contribution in [2.75, 3.05) is 13.2 Å². The Morgan fingerprint density at radius 1 is 1.21 bits per heavy atom. The third kappa shape index (κ3) is 4.37. The molecular formula is C13H17ClF3NO. The zero-order valence-corrected chi connectivity index (χ0v) is 11.2. The molecule has 1 aromatic rings. The van der Waals surface area contributed by atoms with Crippen molar-refractivity contribution in [1.29, 1.82) is 0 Å². The minimum atomic E-state index is -4.30. The Labute approximate surface area is 116 Å². The first-order chi connectivity index (χ1) is 8.39. The predicted molar refractivity (Wildman–Crippen MR) is 69.4 cm³/mol. The van der Waals surface area contributed by atoms with Crippen molar-refractivity contribution in [2.45, 2.75) is 31.0 Å². The summed E-state index contributed by atoms with van der Waals surface area (Å²) in [6.45, 7) is 1.16. The first-order valence-electron chi connectivity index (χ1n) is 5.92. The van der Waals surface area contributed by atoms with E-state index in [-0.39, 0.29) is 12.4 Å². The van der Waals surface area contributed by atoms with E-state index in [4.69, 9.17) is 10.5 Å². The maximum Gasteiger partial charge on any atom is 0.416 e. The van der Waals surface area contributed by atoms with Crippen molar-refractivity contribution in [3.05, 3.63) is 35.4 Å². The van der Waals surface area contributed by atoms with Gasteiger partial charge in [0.25, 0.3) is 0 Å². The largest absolute Gasteiger partial charge is 0.416 e. The van der Waals surface area contributed by atoms with Crippen molar-refractivity contribution in [2.24, 2.45) is 5.73 Å². The number of benzene rings is 1. The van der Waals surface area contributed by atoms with Crippen molar-refractivity contribution in [3.63, 3.8) is 0 Å². The third-order valence-corrected chi connectivity index (χ3v) is 3.30. The van der Waals surface area contributed by atoms with Gasteiger partial charge in [0.2, 0.25) is 0 Å². The fourth-order valence-corrected chi connectivity index (χ4v) is 2.22. The van der Waals surface area contributed by atoms with E-state index in [1.54, 1.807) is 6.07 Å². The number of alkyl halides is 3. The molecule has 6 heteroatoms. The zero-order chi connectivity index (χ0) is 13.2. The average molecular weight is 296 g/mol. The molecule has 0 radical (unpaired) electrons. The number of hydrogen-bond donors (Lipinski definition) is 1. The summed E-state index contributed by atoms with van der Waals surface area (Å²) in [5, 5.41) is 0. The van der Waals surface area contributed by atoms with Crippen LogP contribution in [0.4, 0.5) is 13.2 Å². The molecule has 1 aliphatic heterocycles. The molecule has 0 amide bonds. The minimum absolute atomic E-state index is 0. The van der Waals surface area contributed by atoms with Gasteiger partial charge in [-0.15, -0.1) is 12.4 Å². The summed E-state index contributed by atoms with van der Waals surface area (Å²) in [5.41, 5.74) is 5.77. The lowest BCUT2D eigenvalue weighted by molar-refractivity contribution is -0.137. The van der Waals surface area contributed by atoms with E-state index in [0.717, 1.165) is 6.07 Å². The minimum Gasteiger partial charge on any atom is -0.381 e. The summed E-state index contributed by atoms with van der Waals surface area (Å²) in [4.78, 5) is 0. The molecule has 19 heavy (non-hydrogen) atoms. The van der Waals surface area contributed by atoms with Gasteiger partial charge in [0.05, 0.1) is 5.56 Å². The monoisotopic (exact) mass is 295 g/mol. The summed E-state index contributed by atoms with van der Waals surface area (Å²) in [6, 6.07) is 5.39. The molecule has 1 aromatic carbocycles. The maximum absolute atomic E-state index is 12.6. The van der Waals surface area contributed by atoms with E-state index in [1.807, 2.05) is 0 Å². The Hall–Kier alpha value is -0.780. The van der Waals surface area contributed by atoms with Crippen LogP contribution in [-0.2, 0) is 17.3 Å². The summed E-state index contributed by atoms with van der Waals surface area (Å²) >= 11 is 0.